The van der Waals surface area contributed by atoms with Gasteiger partial charge in [-0.1, -0.05) is 35.9 Å². The average Bonchev–Trinajstić information content (AvgIpc) is 2.60. The molecule has 0 amide bonds. The first-order chi connectivity index (χ1) is 11.6. The minimum absolute atomic E-state index is 0.0402. The molecule has 0 saturated carbocycles. The van der Waals surface area contributed by atoms with E-state index >= 15 is 0 Å². The quantitative estimate of drug-likeness (QED) is 0.411. The summed E-state index contributed by atoms with van der Waals surface area (Å²) in [6, 6.07) is 14.7. The van der Waals surface area contributed by atoms with E-state index in [1.54, 1.807) is 31.4 Å². The zero-order valence-electron chi connectivity index (χ0n) is 14.3. The number of hydrogen-bond donors (Lipinski definition) is 0. The van der Waals surface area contributed by atoms with Gasteiger partial charge in [-0.3, -0.25) is 4.79 Å². The van der Waals surface area contributed by atoms with Crippen molar-refractivity contribution in [3.05, 3.63) is 77.4 Å². The highest BCUT2D eigenvalue weighted by Gasteiger charge is 2.05. The molecule has 3 heteroatoms. The summed E-state index contributed by atoms with van der Waals surface area (Å²) in [5.41, 5.74) is 2.70. The molecular formula is C21H22O3. The molecule has 0 saturated heterocycles. The highest BCUT2D eigenvalue weighted by molar-refractivity contribution is 6.06. The van der Waals surface area contributed by atoms with Crippen LogP contribution in [0, 0.1) is 0 Å². The van der Waals surface area contributed by atoms with E-state index in [0.29, 0.717) is 17.9 Å². The van der Waals surface area contributed by atoms with Gasteiger partial charge < -0.3 is 9.47 Å². The second-order valence-corrected chi connectivity index (χ2v) is 5.56. The smallest absolute Gasteiger partial charge is 0.185 e. The van der Waals surface area contributed by atoms with E-state index in [2.05, 4.69) is 0 Å². The molecule has 0 heterocycles. The number of benzene rings is 2. The van der Waals surface area contributed by atoms with Crippen LogP contribution in [-0.4, -0.2) is 19.5 Å². The third-order valence-electron chi connectivity index (χ3n) is 3.42. The maximum absolute atomic E-state index is 12.1. The van der Waals surface area contributed by atoms with Crippen LogP contribution < -0.4 is 9.47 Å². The van der Waals surface area contributed by atoms with Gasteiger partial charge in [0.2, 0.25) is 0 Å². The lowest BCUT2D eigenvalue weighted by atomic mass is 10.1. The van der Waals surface area contributed by atoms with Crippen LogP contribution in [0.1, 0.15) is 29.8 Å². The van der Waals surface area contributed by atoms with E-state index in [4.69, 9.17) is 9.47 Å². The fourth-order valence-corrected chi connectivity index (χ4v) is 2.09. The first-order valence-electron chi connectivity index (χ1n) is 7.82. The minimum Gasteiger partial charge on any atom is -0.496 e. The molecule has 0 bridgehead atoms. The third-order valence-corrected chi connectivity index (χ3v) is 3.42. The van der Waals surface area contributed by atoms with Crippen molar-refractivity contribution in [2.75, 3.05) is 13.7 Å². The van der Waals surface area contributed by atoms with Crippen molar-refractivity contribution >= 4 is 11.9 Å². The number of carbonyl (C=O) groups is 1. The first-order valence-corrected chi connectivity index (χ1v) is 7.82. The normalized spacial score (nSPS) is 10.5. The lowest BCUT2D eigenvalue weighted by Crippen LogP contribution is -1.96. The molecule has 24 heavy (non-hydrogen) atoms. The molecule has 0 unspecified atom stereocenters. The van der Waals surface area contributed by atoms with Crippen LogP contribution in [-0.2, 0) is 0 Å². The van der Waals surface area contributed by atoms with Gasteiger partial charge in [-0.25, -0.2) is 0 Å². The fourth-order valence-electron chi connectivity index (χ4n) is 2.09. The van der Waals surface area contributed by atoms with Crippen LogP contribution in [0.15, 0.2) is 66.3 Å². The van der Waals surface area contributed by atoms with Gasteiger partial charge in [0.05, 0.1) is 7.11 Å². The van der Waals surface area contributed by atoms with E-state index in [0.717, 1.165) is 11.3 Å². The van der Waals surface area contributed by atoms with Crippen LogP contribution in [0.3, 0.4) is 0 Å². The molecule has 0 fully saturated rings. The lowest BCUT2D eigenvalue weighted by Gasteiger charge is -2.09. The molecular weight excluding hydrogens is 300 g/mol. The predicted octanol–water partition coefficient (Wildman–Crippen LogP) is 4.94. The van der Waals surface area contributed by atoms with Crippen LogP contribution in [0.25, 0.3) is 6.08 Å². The zero-order valence-corrected chi connectivity index (χ0v) is 14.3. The number of ether oxygens (including phenoxy) is 2. The molecule has 0 radical (unpaired) electrons. The Balaban J connectivity index is 2.11. The van der Waals surface area contributed by atoms with Gasteiger partial charge in [0.25, 0.3) is 0 Å². The number of methoxy groups -OCH3 is 1. The van der Waals surface area contributed by atoms with Crippen molar-refractivity contribution in [3.8, 4) is 11.5 Å². The topological polar surface area (TPSA) is 35.5 Å². The maximum atomic E-state index is 12.1. The summed E-state index contributed by atoms with van der Waals surface area (Å²) < 4.78 is 11.1. The zero-order chi connectivity index (χ0) is 17.4. The standard InChI is InChI=1S/C21H22O3/c1-16(2)13-14-24-19-11-9-18(21(15-19)23-3)10-12-20(22)17-7-5-4-6-8-17/h4-13,15H,14H2,1-3H3. The Labute approximate surface area is 143 Å². The van der Waals surface area contributed by atoms with Gasteiger partial charge in [-0.15, -0.1) is 0 Å². The highest BCUT2D eigenvalue weighted by atomic mass is 16.5. The van der Waals surface area contributed by atoms with Crippen LogP contribution in [0.2, 0.25) is 0 Å². The molecule has 0 aromatic heterocycles. The van der Waals surface area contributed by atoms with Crippen molar-refractivity contribution in [3.63, 3.8) is 0 Å². The highest BCUT2D eigenvalue weighted by Crippen LogP contribution is 2.26. The van der Waals surface area contributed by atoms with Crippen LogP contribution in [0.5, 0.6) is 11.5 Å². The van der Waals surface area contributed by atoms with Crippen molar-refractivity contribution < 1.29 is 14.3 Å². The van der Waals surface area contributed by atoms with Crippen molar-refractivity contribution in [1.82, 2.24) is 0 Å². The number of rotatable bonds is 7. The molecule has 0 atom stereocenters. The van der Waals surface area contributed by atoms with Crippen molar-refractivity contribution in [1.29, 1.82) is 0 Å². The largest absolute Gasteiger partial charge is 0.496 e. The van der Waals surface area contributed by atoms with Gasteiger partial charge in [0, 0.05) is 17.2 Å². The van der Waals surface area contributed by atoms with Crippen molar-refractivity contribution in [2.24, 2.45) is 0 Å². The van der Waals surface area contributed by atoms with E-state index in [1.165, 1.54) is 5.57 Å². The first kappa shape index (κ1) is 17.5. The van der Waals surface area contributed by atoms with E-state index in [9.17, 15) is 4.79 Å². The summed E-state index contributed by atoms with van der Waals surface area (Å²) >= 11 is 0. The summed E-state index contributed by atoms with van der Waals surface area (Å²) in [5.74, 6) is 1.36. The summed E-state index contributed by atoms with van der Waals surface area (Å²) in [7, 11) is 1.60. The molecule has 0 aliphatic rings. The lowest BCUT2D eigenvalue weighted by molar-refractivity contribution is 0.104. The number of allylic oxidation sites excluding steroid dienone is 2. The Kier molecular flexibility index (Phi) is 6.38. The molecule has 0 N–H and O–H groups in total. The molecule has 124 valence electrons. The second-order valence-electron chi connectivity index (χ2n) is 5.56. The summed E-state index contributed by atoms with van der Waals surface area (Å²) in [6.45, 7) is 4.58. The van der Waals surface area contributed by atoms with Crippen molar-refractivity contribution in [2.45, 2.75) is 13.8 Å². The van der Waals surface area contributed by atoms with Gasteiger partial charge in [-0.2, -0.15) is 0 Å². The van der Waals surface area contributed by atoms with Gasteiger partial charge in [0.15, 0.2) is 5.78 Å². The number of carbonyl (C=O) groups excluding carboxylic acids is 1. The van der Waals surface area contributed by atoms with E-state index < -0.39 is 0 Å². The predicted molar refractivity (Wildman–Crippen MR) is 97.7 cm³/mol. The maximum Gasteiger partial charge on any atom is 0.185 e. The number of hydrogen-bond acceptors (Lipinski definition) is 3. The molecule has 0 aliphatic heterocycles. The summed E-state index contributed by atoms with van der Waals surface area (Å²) in [6.07, 6.45) is 5.32. The van der Waals surface area contributed by atoms with Crippen LogP contribution >= 0.6 is 0 Å². The Morgan fingerprint density at radius 3 is 2.50 bits per heavy atom. The molecule has 2 aromatic rings. The minimum atomic E-state index is -0.0402. The molecule has 2 rings (SSSR count). The summed E-state index contributed by atoms with van der Waals surface area (Å²) in [5, 5.41) is 0. The Morgan fingerprint density at radius 2 is 1.83 bits per heavy atom. The van der Waals surface area contributed by atoms with Gasteiger partial charge in [0.1, 0.15) is 18.1 Å². The summed E-state index contributed by atoms with van der Waals surface area (Å²) in [4.78, 5) is 12.1. The van der Waals surface area contributed by atoms with Crippen LogP contribution in [0.4, 0.5) is 0 Å². The molecule has 0 spiro atoms. The molecule has 3 nitrogen and oxygen atoms in total. The third kappa shape index (κ3) is 5.13. The second kappa shape index (κ2) is 8.73. The van der Waals surface area contributed by atoms with E-state index in [1.807, 2.05) is 56.3 Å². The SMILES string of the molecule is COc1cc(OCC=C(C)C)ccc1C=CC(=O)c1ccccc1. The fraction of sp³-hybridized carbons (Fsp3) is 0.190. The monoisotopic (exact) mass is 322 g/mol. The Bertz CT molecular complexity index is 739. The van der Waals surface area contributed by atoms with E-state index in [-0.39, 0.29) is 5.78 Å². The molecule has 2 aromatic carbocycles. The molecule has 0 aliphatic carbocycles. The Morgan fingerprint density at radius 1 is 1.08 bits per heavy atom. The Hall–Kier alpha value is -2.81. The van der Waals surface area contributed by atoms with Gasteiger partial charge >= 0.3 is 0 Å². The number of ketones is 1. The van der Waals surface area contributed by atoms with Gasteiger partial charge in [-0.05, 0) is 44.2 Å². The average molecular weight is 322 g/mol.